The van der Waals surface area contributed by atoms with Crippen LogP contribution in [0.1, 0.15) is 0 Å². The van der Waals surface area contributed by atoms with E-state index in [1.165, 1.54) is 10.8 Å². The van der Waals surface area contributed by atoms with Crippen LogP contribution in [0, 0.1) is 0 Å². The maximum absolute atomic E-state index is 6.49. The summed E-state index contributed by atoms with van der Waals surface area (Å²) in [7, 11) is 0. The fraction of sp³-hybridized carbons (Fsp3) is 0. The molecule has 4 heteroatoms. The number of furan rings is 2. The van der Waals surface area contributed by atoms with E-state index in [0.717, 1.165) is 88.3 Å². The maximum Gasteiger partial charge on any atom is 0.180 e. The topological polar surface area (TPSA) is 52.1 Å². The molecule has 0 aliphatic heterocycles. The van der Waals surface area contributed by atoms with Crippen LogP contribution in [-0.2, 0) is 0 Å². The van der Waals surface area contributed by atoms with Crippen molar-refractivity contribution < 1.29 is 8.83 Å². The van der Waals surface area contributed by atoms with Crippen LogP contribution in [0.15, 0.2) is 179 Å². The van der Waals surface area contributed by atoms with Crippen molar-refractivity contribution in [3.63, 3.8) is 0 Å². The van der Waals surface area contributed by atoms with Gasteiger partial charge in [-0.2, -0.15) is 0 Å². The highest BCUT2D eigenvalue weighted by Gasteiger charge is 2.20. The van der Waals surface area contributed by atoms with E-state index in [9.17, 15) is 0 Å². The van der Waals surface area contributed by atoms with Crippen molar-refractivity contribution in [3.05, 3.63) is 170 Å². The van der Waals surface area contributed by atoms with Crippen LogP contribution in [0.5, 0.6) is 0 Å². The van der Waals surface area contributed by atoms with Gasteiger partial charge in [-0.25, -0.2) is 9.97 Å². The summed E-state index contributed by atoms with van der Waals surface area (Å²) in [6, 6.07) is 59.3. The summed E-state index contributed by atoms with van der Waals surface area (Å²) in [5.41, 5.74) is 11.3. The fourth-order valence-corrected chi connectivity index (χ4v) is 7.67. The second kappa shape index (κ2) is 11.2. The van der Waals surface area contributed by atoms with Gasteiger partial charge in [-0.3, -0.25) is 0 Å². The minimum atomic E-state index is 0.657. The van der Waals surface area contributed by atoms with Crippen molar-refractivity contribution in [2.24, 2.45) is 0 Å². The third-order valence-corrected chi connectivity index (χ3v) is 10.3. The summed E-state index contributed by atoms with van der Waals surface area (Å²) < 4.78 is 12.8. The Hall–Kier alpha value is -7.04. The molecule has 11 aromatic rings. The molecule has 3 aromatic heterocycles. The molecule has 0 atom stereocenters. The molecular formula is C48H28N2O2. The molecule has 242 valence electrons. The Labute approximate surface area is 298 Å². The first-order valence-corrected chi connectivity index (χ1v) is 17.5. The van der Waals surface area contributed by atoms with Gasteiger partial charge in [0.25, 0.3) is 0 Å². The predicted octanol–water partition coefficient (Wildman–Crippen LogP) is 13.2. The van der Waals surface area contributed by atoms with Crippen LogP contribution in [0.3, 0.4) is 0 Å². The summed E-state index contributed by atoms with van der Waals surface area (Å²) in [5.74, 6) is 0.657. The second-order valence-corrected chi connectivity index (χ2v) is 13.4. The van der Waals surface area contributed by atoms with E-state index in [4.69, 9.17) is 18.8 Å². The van der Waals surface area contributed by atoms with Crippen LogP contribution in [-0.4, -0.2) is 9.97 Å². The lowest BCUT2D eigenvalue weighted by Crippen LogP contribution is -1.95. The molecule has 4 nitrogen and oxygen atoms in total. The molecular weight excluding hydrogens is 637 g/mol. The highest BCUT2D eigenvalue weighted by molar-refractivity contribution is 6.12. The van der Waals surface area contributed by atoms with Gasteiger partial charge in [0.2, 0.25) is 0 Å². The molecule has 0 amide bonds. The normalized spacial score (nSPS) is 11.8. The Balaban J connectivity index is 1.10. The van der Waals surface area contributed by atoms with Crippen LogP contribution >= 0.6 is 0 Å². The number of aromatic nitrogens is 2. The lowest BCUT2D eigenvalue weighted by atomic mass is 9.96. The number of nitrogens with zero attached hydrogens (tertiary/aromatic N) is 2. The minimum absolute atomic E-state index is 0.657. The molecule has 3 heterocycles. The number of hydrogen-bond donors (Lipinski definition) is 0. The SMILES string of the molecule is c1ccc(-c2cccc(-c3nc(-c4cccc5ccc(-c6ccc7oc8cc9ccccc9cc8c7c6)cc45)nc4c3oc3ccccc34)c2)cc1. The third-order valence-electron chi connectivity index (χ3n) is 10.3. The van der Waals surface area contributed by atoms with Crippen molar-refractivity contribution in [3.8, 4) is 44.9 Å². The van der Waals surface area contributed by atoms with Gasteiger partial charge in [-0.1, -0.05) is 121 Å². The second-order valence-electron chi connectivity index (χ2n) is 13.4. The summed E-state index contributed by atoms with van der Waals surface area (Å²) in [4.78, 5) is 10.5. The largest absolute Gasteiger partial charge is 0.456 e. The number of hydrogen-bond acceptors (Lipinski definition) is 4. The molecule has 0 saturated heterocycles. The molecule has 0 aliphatic carbocycles. The van der Waals surface area contributed by atoms with E-state index in [-0.39, 0.29) is 0 Å². The molecule has 0 radical (unpaired) electrons. The van der Waals surface area contributed by atoms with Gasteiger partial charge < -0.3 is 8.83 Å². The fourth-order valence-electron chi connectivity index (χ4n) is 7.67. The van der Waals surface area contributed by atoms with E-state index < -0.39 is 0 Å². The first-order valence-electron chi connectivity index (χ1n) is 17.5. The Bertz CT molecular complexity index is 3190. The van der Waals surface area contributed by atoms with Crippen LogP contribution in [0.25, 0.3) is 110 Å². The standard InChI is InChI=1S/C48H28N2O2/c1-2-10-29(11-3-1)31-15-8-16-36(24-31)45-47-46(38-17-6-7-19-42(38)52-47)50-48(49-45)37-18-9-14-30-20-21-34(25-39(30)37)35-22-23-43-40(27-35)41-26-32-12-4-5-13-33(32)28-44(41)51-43/h1-28H. The molecule has 0 unspecified atom stereocenters. The summed E-state index contributed by atoms with van der Waals surface area (Å²) >= 11 is 0. The van der Waals surface area contributed by atoms with Crippen molar-refractivity contribution in [2.75, 3.05) is 0 Å². The predicted molar refractivity (Wildman–Crippen MR) is 213 cm³/mol. The number of benzene rings is 8. The van der Waals surface area contributed by atoms with E-state index in [1.54, 1.807) is 0 Å². The van der Waals surface area contributed by atoms with E-state index >= 15 is 0 Å². The van der Waals surface area contributed by atoms with Gasteiger partial charge in [0, 0.05) is 27.3 Å². The average molecular weight is 665 g/mol. The van der Waals surface area contributed by atoms with E-state index in [0.29, 0.717) is 11.4 Å². The maximum atomic E-state index is 6.49. The zero-order valence-electron chi connectivity index (χ0n) is 27.9. The van der Waals surface area contributed by atoms with E-state index in [1.807, 2.05) is 24.3 Å². The van der Waals surface area contributed by atoms with Gasteiger partial charge in [0.1, 0.15) is 28.0 Å². The van der Waals surface area contributed by atoms with Gasteiger partial charge in [0.05, 0.1) is 0 Å². The zero-order chi connectivity index (χ0) is 34.2. The molecule has 11 rings (SSSR count). The minimum Gasteiger partial charge on any atom is -0.456 e. The van der Waals surface area contributed by atoms with Crippen LogP contribution in [0.4, 0.5) is 0 Å². The number of para-hydroxylation sites is 1. The average Bonchev–Trinajstić information content (AvgIpc) is 3.77. The first kappa shape index (κ1) is 28.8. The monoisotopic (exact) mass is 664 g/mol. The van der Waals surface area contributed by atoms with Gasteiger partial charge in [0.15, 0.2) is 11.4 Å². The molecule has 0 spiro atoms. The Morgan fingerprint density at radius 2 is 1.00 bits per heavy atom. The molecule has 0 aliphatic rings. The molecule has 0 saturated carbocycles. The smallest absolute Gasteiger partial charge is 0.180 e. The Morgan fingerprint density at radius 3 is 1.90 bits per heavy atom. The molecule has 52 heavy (non-hydrogen) atoms. The van der Waals surface area contributed by atoms with Crippen LogP contribution < -0.4 is 0 Å². The summed E-state index contributed by atoms with van der Waals surface area (Å²) in [6.45, 7) is 0. The Kier molecular flexibility index (Phi) is 6.22. The lowest BCUT2D eigenvalue weighted by molar-refractivity contribution is 0.667. The quantitative estimate of drug-likeness (QED) is 0.188. The van der Waals surface area contributed by atoms with Gasteiger partial charge >= 0.3 is 0 Å². The molecule has 0 fully saturated rings. The number of rotatable bonds is 4. The summed E-state index contributed by atoms with van der Waals surface area (Å²) in [6.07, 6.45) is 0. The highest BCUT2D eigenvalue weighted by Crippen LogP contribution is 2.40. The highest BCUT2D eigenvalue weighted by atomic mass is 16.3. The van der Waals surface area contributed by atoms with Gasteiger partial charge in [-0.15, -0.1) is 0 Å². The Morgan fingerprint density at radius 1 is 0.346 bits per heavy atom. The number of fused-ring (bicyclic) bond motifs is 8. The summed E-state index contributed by atoms with van der Waals surface area (Å²) in [5, 5.41) is 7.77. The molecule has 0 bridgehead atoms. The lowest BCUT2D eigenvalue weighted by Gasteiger charge is -2.11. The van der Waals surface area contributed by atoms with Crippen molar-refractivity contribution in [1.29, 1.82) is 0 Å². The van der Waals surface area contributed by atoms with Crippen LogP contribution in [0.2, 0.25) is 0 Å². The van der Waals surface area contributed by atoms with Crippen molar-refractivity contribution in [2.45, 2.75) is 0 Å². The zero-order valence-corrected chi connectivity index (χ0v) is 27.9. The van der Waals surface area contributed by atoms with E-state index in [2.05, 4.69) is 146 Å². The molecule has 0 N–H and O–H groups in total. The van der Waals surface area contributed by atoms with Crippen molar-refractivity contribution >= 4 is 65.6 Å². The molecule has 8 aromatic carbocycles. The first-order chi connectivity index (χ1) is 25.7. The van der Waals surface area contributed by atoms with Crippen molar-refractivity contribution in [1.82, 2.24) is 9.97 Å². The van der Waals surface area contributed by atoms with Gasteiger partial charge in [-0.05, 0) is 92.3 Å². The third kappa shape index (κ3) is 4.55.